The third-order valence-electron chi connectivity index (χ3n) is 6.88. The highest BCUT2D eigenvalue weighted by Crippen LogP contribution is 2.29. The van der Waals surface area contributed by atoms with Gasteiger partial charge in [-0.15, -0.1) is 0 Å². The number of nitrogens with zero attached hydrogens (tertiary/aromatic N) is 2. The van der Waals surface area contributed by atoms with Crippen molar-refractivity contribution in [2.45, 2.75) is 44.3 Å². The molecule has 3 atom stereocenters. The molecule has 0 aliphatic carbocycles. The molecule has 0 spiro atoms. The molecular weight excluding hydrogens is 394 g/mol. The van der Waals surface area contributed by atoms with Gasteiger partial charge in [-0.05, 0) is 69.1 Å². The zero-order chi connectivity index (χ0) is 20.7. The Hall–Kier alpha value is -2.14. The number of rotatable bonds is 5. The average molecular weight is 422 g/mol. The molecule has 2 aliphatic rings. The summed E-state index contributed by atoms with van der Waals surface area (Å²) in [4.78, 5) is 15.7. The Morgan fingerprint density at radius 2 is 1.97 bits per heavy atom. The lowest BCUT2D eigenvalue weighted by molar-refractivity contribution is 0.0826. The molecule has 2 fully saturated rings. The summed E-state index contributed by atoms with van der Waals surface area (Å²) in [6, 6.07) is 17.1. The van der Waals surface area contributed by atoms with Gasteiger partial charge in [0.25, 0.3) is 0 Å². The van der Waals surface area contributed by atoms with Crippen LogP contribution >= 0.6 is 11.6 Å². The summed E-state index contributed by atoms with van der Waals surface area (Å²) >= 11 is 6.13. The summed E-state index contributed by atoms with van der Waals surface area (Å²) < 4.78 is 2.26. The Morgan fingerprint density at radius 3 is 2.73 bits per heavy atom. The largest absolute Gasteiger partial charge is 0.340 e. The van der Waals surface area contributed by atoms with E-state index in [4.69, 9.17) is 11.6 Å². The van der Waals surface area contributed by atoms with Crippen LogP contribution in [0.1, 0.15) is 48.1 Å². The Kier molecular flexibility index (Phi) is 5.40. The van der Waals surface area contributed by atoms with E-state index in [1.54, 1.807) is 0 Å². The summed E-state index contributed by atoms with van der Waals surface area (Å²) in [6.45, 7) is 5.31. The van der Waals surface area contributed by atoms with Gasteiger partial charge in [-0.1, -0.05) is 35.9 Å². The highest BCUT2D eigenvalue weighted by atomic mass is 35.5. The van der Waals surface area contributed by atoms with Crippen LogP contribution in [0.15, 0.2) is 54.7 Å². The van der Waals surface area contributed by atoms with Gasteiger partial charge in [0.05, 0.1) is 12.1 Å². The van der Waals surface area contributed by atoms with Crippen LogP contribution in [0.25, 0.3) is 10.9 Å². The monoisotopic (exact) mass is 421 g/mol. The predicted molar refractivity (Wildman–Crippen MR) is 123 cm³/mol. The van der Waals surface area contributed by atoms with Gasteiger partial charge in [0, 0.05) is 40.3 Å². The van der Waals surface area contributed by atoms with Crippen LogP contribution in [-0.4, -0.2) is 47.0 Å². The van der Waals surface area contributed by atoms with Crippen molar-refractivity contribution in [3.05, 3.63) is 70.9 Å². The minimum atomic E-state index is 0.0383. The maximum Gasteiger partial charge on any atom is 0.179 e. The number of hydrogen-bond acceptors (Lipinski definition) is 3. The lowest BCUT2D eigenvalue weighted by atomic mass is 9.98. The highest BCUT2D eigenvalue weighted by molar-refractivity contribution is 6.31. The molecule has 1 N–H and O–H groups in total. The van der Waals surface area contributed by atoms with Crippen molar-refractivity contribution in [2.75, 3.05) is 19.6 Å². The number of halogens is 1. The Labute approximate surface area is 182 Å². The van der Waals surface area contributed by atoms with Crippen LogP contribution in [0.4, 0.5) is 0 Å². The van der Waals surface area contributed by atoms with Gasteiger partial charge < -0.3 is 9.88 Å². The number of aromatic nitrogens is 1. The first-order chi connectivity index (χ1) is 14.6. The van der Waals surface area contributed by atoms with Crippen LogP contribution in [0.2, 0.25) is 5.02 Å². The molecular formula is C25H28ClN3O. The molecule has 2 aliphatic heterocycles. The van der Waals surface area contributed by atoms with E-state index < -0.39 is 0 Å². The van der Waals surface area contributed by atoms with Crippen LogP contribution in [0.5, 0.6) is 0 Å². The quantitative estimate of drug-likeness (QED) is 0.594. The number of fused-ring (bicyclic) bond motifs is 1. The summed E-state index contributed by atoms with van der Waals surface area (Å²) in [7, 11) is 0. The van der Waals surface area contributed by atoms with Gasteiger partial charge in [-0.3, -0.25) is 9.69 Å². The summed E-state index contributed by atoms with van der Waals surface area (Å²) in [5.74, 6) is 0.277. The standard InChI is InChI=1S/C25H28ClN3O/c1-17(28-14-11-20-15-21(26)8-9-23(20)28)18-4-6-19(7-5-18)25(30)24-3-2-13-29(24)22-10-12-27-16-22/h4-9,11,14-15,17,22,24,27H,2-3,10,12-13,16H2,1H3. The third-order valence-corrected chi connectivity index (χ3v) is 7.11. The smallest absolute Gasteiger partial charge is 0.179 e. The molecule has 0 amide bonds. The Balaban J connectivity index is 1.35. The molecule has 0 bridgehead atoms. The van der Waals surface area contributed by atoms with Gasteiger partial charge in [-0.25, -0.2) is 0 Å². The predicted octanol–water partition coefficient (Wildman–Crippen LogP) is 4.91. The second-order valence-corrected chi connectivity index (χ2v) is 9.07. The minimum Gasteiger partial charge on any atom is -0.340 e. The van der Waals surface area contributed by atoms with Crippen molar-refractivity contribution < 1.29 is 4.79 Å². The van der Waals surface area contributed by atoms with E-state index in [2.05, 4.69) is 52.2 Å². The van der Waals surface area contributed by atoms with Crippen molar-refractivity contribution in [1.82, 2.24) is 14.8 Å². The van der Waals surface area contributed by atoms with E-state index in [1.165, 1.54) is 11.1 Å². The fourth-order valence-corrected chi connectivity index (χ4v) is 5.36. The van der Waals surface area contributed by atoms with Crippen molar-refractivity contribution in [3.8, 4) is 0 Å². The number of hydrogen-bond donors (Lipinski definition) is 1. The molecule has 30 heavy (non-hydrogen) atoms. The fraction of sp³-hybridized carbons (Fsp3) is 0.400. The number of carbonyl (C=O) groups is 1. The SMILES string of the molecule is CC(c1ccc(C(=O)C2CCCN2C2CCNC2)cc1)n1ccc2cc(Cl)ccc21. The van der Waals surface area contributed by atoms with Gasteiger partial charge in [0.15, 0.2) is 5.78 Å². The van der Waals surface area contributed by atoms with Crippen molar-refractivity contribution in [2.24, 2.45) is 0 Å². The first-order valence-corrected chi connectivity index (χ1v) is 11.4. The molecule has 3 unspecified atom stereocenters. The van der Waals surface area contributed by atoms with E-state index >= 15 is 0 Å². The normalized spacial score (nSPS) is 23.3. The number of Topliss-reactive ketones (excluding diaryl/α,β-unsaturated/α-hetero) is 1. The van der Waals surface area contributed by atoms with Crippen molar-refractivity contribution in [1.29, 1.82) is 0 Å². The van der Waals surface area contributed by atoms with Crippen LogP contribution in [-0.2, 0) is 0 Å². The number of ketones is 1. The number of nitrogens with one attached hydrogen (secondary N) is 1. The third kappa shape index (κ3) is 3.58. The first-order valence-electron chi connectivity index (χ1n) is 11.0. The lowest BCUT2D eigenvalue weighted by Crippen LogP contribution is -2.44. The molecule has 5 rings (SSSR count). The maximum absolute atomic E-state index is 13.3. The zero-order valence-electron chi connectivity index (χ0n) is 17.4. The Morgan fingerprint density at radius 1 is 1.13 bits per heavy atom. The van der Waals surface area contributed by atoms with Gasteiger partial charge in [0.1, 0.15) is 0 Å². The molecule has 2 saturated heterocycles. The zero-order valence-corrected chi connectivity index (χ0v) is 18.1. The summed E-state index contributed by atoms with van der Waals surface area (Å²) in [5.41, 5.74) is 3.19. The molecule has 0 radical (unpaired) electrons. The molecule has 0 saturated carbocycles. The van der Waals surface area contributed by atoms with Crippen molar-refractivity contribution >= 4 is 28.3 Å². The maximum atomic E-state index is 13.3. The minimum absolute atomic E-state index is 0.0383. The van der Waals surface area contributed by atoms with E-state index in [-0.39, 0.29) is 17.9 Å². The van der Waals surface area contributed by atoms with E-state index in [0.717, 1.165) is 54.9 Å². The molecule has 1 aromatic heterocycles. The molecule has 3 aromatic rings. The van der Waals surface area contributed by atoms with Crippen LogP contribution in [0, 0.1) is 0 Å². The number of carbonyl (C=O) groups excluding carboxylic acids is 1. The first kappa shape index (κ1) is 19.8. The second-order valence-electron chi connectivity index (χ2n) is 8.63. The number of likely N-dealkylation sites (tertiary alicyclic amines) is 1. The highest BCUT2D eigenvalue weighted by Gasteiger charge is 2.36. The van der Waals surface area contributed by atoms with E-state index in [1.807, 2.05) is 24.3 Å². The van der Waals surface area contributed by atoms with Crippen LogP contribution < -0.4 is 5.32 Å². The molecule has 156 valence electrons. The second kappa shape index (κ2) is 8.18. The van der Waals surface area contributed by atoms with Gasteiger partial charge in [-0.2, -0.15) is 0 Å². The Bertz CT molecular complexity index is 1050. The fourth-order valence-electron chi connectivity index (χ4n) is 5.18. The van der Waals surface area contributed by atoms with E-state index in [9.17, 15) is 4.79 Å². The average Bonchev–Trinajstić information content (AvgIpc) is 3.52. The summed E-state index contributed by atoms with van der Waals surface area (Å²) in [5, 5.41) is 5.33. The summed E-state index contributed by atoms with van der Waals surface area (Å²) in [6.07, 6.45) is 5.35. The lowest BCUT2D eigenvalue weighted by Gasteiger charge is -2.29. The number of benzene rings is 2. The molecule has 2 aromatic carbocycles. The molecule has 4 nitrogen and oxygen atoms in total. The van der Waals surface area contributed by atoms with Crippen molar-refractivity contribution in [3.63, 3.8) is 0 Å². The molecule has 5 heteroatoms. The van der Waals surface area contributed by atoms with E-state index in [0.29, 0.717) is 6.04 Å². The molecule has 3 heterocycles. The van der Waals surface area contributed by atoms with Crippen LogP contribution in [0.3, 0.4) is 0 Å². The van der Waals surface area contributed by atoms with Gasteiger partial charge in [0.2, 0.25) is 0 Å². The topological polar surface area (TPSA) is 37.3 Å². The van der Waals surface area contributed by atoms with Gasteiger partial charge >= 0.3 is 0 Å².